The highest BCUT2D eigenvalue weighted by Crippen LogP contribution is 2.20. The van der Waals surface area contributed by atoms with Crippen LogP contribution in [0.15, 0.2) is 36.5 Å². The molecule has 2 fully saturated rings. The van der Waals surface area contributed by atoms with Crippen molar-refractivity contribution >= 4 is 17.9 Å². The number of hydrogen-bond donors (Lipinski definition) is 1. The molecule has 11 heteroatoms. The summed E-state index contributed by atoms with van der Waals surface area (Å²) >= 11 is 0. The first-order valence-electron chi connectivity index (χ1n) is 30.9. The lowest BCUT2D eigenvalue weighted by Gasteiger charge is -2.18. The lowest BCUT2D eigenvalue weighted by Crippen LogP contribution is -2.30. The summed E-state index contributed by atoms with van der Waals surface area (Å²) in [5.41, 5.74) is 0. The highest BCUT2D eigenvalue weighted by molar-refractivity contribution is 5.71. The number of carbonyl (C=O) groups is 3. The molecule has 0 aromatic heterocycles. The van der Waals surface area contributed by atoms with Gasteiger partial charge < -0.3 is 38.3 Å². The molecule has 6 unspecified atom stereocenters. The van der Waals surface area contributed by atoms with Gasteiger partial charge in [0.05, 0.1) is 44.7 Å². The summed E-state index contributed by atoms with van der Waals surface area (Å²) in [5.74, 6) is -0.999. The van der Waals surface area contributed by atoms with Gasteiger partial charge in [-0.25, -0.2) is 0 Å². The minimum Gasteiger partial charge on any atom is -0.462 e. The van der Waals surface area contributed by atoms with E-state index in [1.807, 2.05) is 0 Å². The molecule has 2 rings (SSSR count). The Morgan fingerprint density at radius 1 is 0.432 bits per heavy atom. The van der Waals surface area contributed by atoms with E-state index in [0.717, 1.165) is 174 Å². The summed E-state index contributed by atoms with van der Waals surface area (Å²) in [5, 5.41) is 10.2. The average molecular weight is 1050 g/mol. The standard InChI is InChI=1S/C63H112O11/c1-4-7-10-31-40-55(64)41-32-25-19-13-16-22-28-37-46-61(65)72-53-60(74-63(67)48-39-30-24-18-15-21-27-36-45-57(43-34-12-9-6-3)69-50-59-52-71-59)54-73-62(66)47-38-29-23-17-14-20-26-35-44-56(42-33-11-8-5-2)68-49-58-51-70-58/h25-27,32,35-36,55-60,64H,4-24,28-31,33-34,37-54H2,1-3H3. The quantitative estimate of drug-likeness (QED) is 0.0204. The monoisotopic (exact) mass is 1040 g/mol. The molecule has 0 radical (unpaired) electrons. The van der Waals surface area contributed by atoms with Crippen molar-refractivity contribution in [3.05, 3.63) is 36.5 Å². The van der Waals surface area contributed by atoms with E-state index in [1.54, 1.807) is 0 Å². The number of allylic oxidation sites excluding steroid dienone is 3. The van der Waals surface area contributed by atoms with Crippen LogP contribution in [-0.2, 0) is 47.5 Å². The van der Waals surface area contributed by atoms with Gasteiger partial charge in [-0.3, -0.25) is 14.4 Å². The molecule has 2 aliphatic rings. The lowest BCUT2D eigenvalue weighted by molar-refractivity contribution is -0.167. The Balaban J connectivity index is 1.66. The van der Waals surface area contributed by atoms with Crippen LogP contribution >= 0.6 is 0 Å². The molecule has 2 aliphatic heterocycles. The van der Waals surface area contributed by atoms with Gasteiger partial charge in [-0.1, -0.05) is 192 Å². The Hall–Kier alpha value is -2.57. The molecule has 6 atom stereocenters. The molecule has 1 N–H and O–H groups in total. The molecule has 74 heavy (non-hydrogen) atoms. The molecule has 0 bridgehead atoms. The minimum absolute atomic E-state index is 0.121. The fourth-order valence-electron chi connectivity index (χ4n) is 9.04. The first-order chi connectivity index (χ1) is 36.3. The van der Waals surface area contributed by atoms with Crippen LogP contribution < -0.4 is 0 Å². The molecule has 0 saturated carbocycles. The third-order valence-corrected chi connectivity index (χ3v) is 14.1. The Morgan fingerprint density at radius 3 is 1.19 bits per heavy atom. The second-order valence-corrected chi connectivity index (χ2v) is 21.5. The molecule has 430 valence electrons. The van der Waals surface area contributed by atoms with Crippen molar-refractivity contribution in [3.63, 3.8) is 0 Å². The molecular weight excluding hydrogens is 933 g/mol. The van der Waals surface area contributed by atoms with Crippen LogP contribution in [0.2, 0.25) is 0 Å². The topological polar surface area (TPSA) is 143 Å². The summed E-state index contributed by atoms with van der Waals surface area (Å²) in [6, 6.07) is 0. The largest absolute Gasteiger partial charge is 0.462 e. The first kappa shape index (κ1) is 67.5. The zero-order chi connectivity index (χ0) is 53.2. The molecule has 0 aromatic rings. The van der Waals surface area contributed by atoms with Gasteiger partial charge in [-0.05, 0) is 96.3 Å². The van der Waals surface area contributed by atoms with Gasteiger partial charge in [0, 0.05) is 19.3 Å². The third kappa shape index (κ3) is 45.6. The lowest BCUT2D eigenvalue weighted by atomic mass is 10.1. The predicted octanol–water partition coefficient (Wildman–Crippen LogP) is 15.9. The molecule has 0 aliphatic carbocycles. The van der Waals surface area contributed by atoms with Crippen molar-refractivity contribution in [2.45, 2.75) is 308 Å². The highest BCUT2D eigenvalue weighted by atomic mass is 16.6. The van der Waals surface area contributed by atoms with E-state index in [2.05, 4.69) is 57.2 Å². The zero-order valence-electron chi connectivity index (χ0n) is 47.8. The number of hydrogen-bond acceptors (Lipinski definition) is 11. The van der Waals surface area contributed by atoms with Gasteiger partial charge in [0.1, 0.15) is 25.4 Å². The number of carbonyl (C=O) groups excluding carboxylic acids is 3. The van der Waals surface area contributed by atoms with Crippen molar-refractivity contribution in [1.82, 2.24) is 0 Å². The number of aliphatic hydroxyl groups excluding tert-OH is 1. The maximum Gasteiger partial charge on any atom is 0.306 e. The number of aliphatic hydroxyl groups is 1. The summed E-state index contributed by atoms with van der Waals surface area (Å²) in [6.45, 7) is 9.54. The van der Waals surface area contributed by atoms with Gasteiger partial charge in [0.15, 0.2) is 6.10 Å². The number of unbranched alkanes of at least 4 members (excludes halogenated alkanes) is 24. The van der Waals surface area contributed by atoms with Crippen LogP contribution in [0.5, 0.6) is 0 Å². The van der Waals surface area contributed by atoms with E-state index in [4.69, 9.17) is 33.2 Å². The molecule has 0 aromatic carbocycles. The SMILES string of the molecule is CCCCCCC(O)CC=CCCCCCCCC(=O)OCC(COC(=O)CCCCCCCC=CCC(CCCCCC)OCC1CO1)OC(=O)CCCCCCCC=CCC(CCCCCC)OCC1CO1. The maximum absolute atomic E-state index is 13.0. The van der Waals surface area contributed by atoms with Crippen LogP contribution in [0.4, 0.5) is 0 Å². The van der Waals surface area contributed by atoms with Gasteiger partial charge >= 0.3 is 17.9 Å². The molecular formula is C63H112O11. The molecule has 2 saturated heterocycles. The Bertz CT molecular complexity index is 1390. The number of ether oxygens (including phenoxy) is 7. The van der Waals surface area contributed by atoms with Crippen LogP contribution in [0.25, 0.3) is 0 Å². The average Bonchev–Trinajstić information content (AvgIpc) is 4.35. The zero-order valence-corrected chi connectivity index (χ0v) is 47.8. The van der Waals surface area contributed by atoms with E-state index < -0.39 is 6.10 Å². The molecule has 2 heterocycles. The van der Waals surface area contributed by atoms with Crippen molar-refractivity contribution in [2.75, 3.05) is 39.6 Å². The highest BCUT2D eigenvalue weighted by Gasteiger charge is 2.25. The fourth-order valence-corrected chi connectivity index (χ4v) is 9.04. The molecule has 0 amide bonds. The fraction of sp³-hybridized carbons (Fsp3) is 0.857. The number of rotatable bonds is 56. The molecule has 11 nitrogen and oxygen atoms in total. The van der Waals surface area contributed by atoms with E-state index in [1.165, 1.54) is 70.6 Å². The smallest absolute Gasteiger partial charge is 0.306 e. The van der Waals surface area contributed by atoms with Crippen LogP contribution in [-0.4, -0.2) is 99.3 Å². The third-order valence-electron chi connectivity index (χ3n) is 14.1. The van der Waals surface area contributed by atoms with E-state index >= 15 is 0 Å². The van der Waals surface area contributed by atoms with Crippen molar-refractivity contribution in [3.8, 4) is 0 Å². The van der Waals surface area contributed by atoms with E-state index in [9.17, 15) is 19.5 Å². The Labute approximate surface area is 452 Å². The van der Waals surface area contributed by atoms with E-state index in [0.29, 0.717) is 38.3 Å². The van der Waals surface area contributed by atoms with Crippen LogP contribution in [0, 0.1) is 0 Å². The van der Waals surface area contributed by atoms with E-state index in [-0.39, 0.29) is 55.9 Å². The second-order valence-electron chi connectivity index (χ2n) is 21.5. The van der Waals surface area contributed by atoms with Crippen molar-refractivity contribution < 1.29 is 52.6 Å². The number of esters is 3. The van der Waals surface area contributed by atoms with Crippen LogP contribution in [0.3, 0.4) is 0 Å². The Morgan fingerprint density at radius 2 is 0.784 bits per heavy atom. The summed E-state index contributed by atoms with van der Waals surface area (Å²) in [4.78, 5) is 38.5. The van der Waals surface area contributed by atoms with Gasteiger partial charge in [-0.2, -0.15) is 0 Å². The van der Waals surface area contributed by atoms with Gasteiger partial charge in [0.2, 0.25) is 0 Å². The summed E-state index contributed by atoms with van der Waals surface area (Å²) in [6.07, 6.45) is 53.0. The van der Waals surface area contributed by atoms with Crippen molar-refractivity contribution in [1.29, 1.82) is 0 Å². The number of epoxide rings is 2. The van der Waals surface area contributed by atoms with Gasteiger partial charge in [0.25, 0.3) is 0 Å². The maximum atomic E-state index is 13.0. The second kappa shape index (κ2) is 50.0. The van der Waals surface area contributed by atoms with Crippen molar-refractivity contribution in [2.24, 2.45) is 0 Å². The predicted molar refractivity (Wildman–Crippen MR) is 301 cm³/mol. The molecule has 0 spiro atoms. The normalized spacial score (nSPS) is 17.0. The van der Waals surface area contributed by atoms with Gasteiger partial charge in [-0.15, -0.1) is 0 Å². The summed E-state index contributed by atoms with van der Waals surface area (Å²) < 4.78 is 39.9. The Kier molecular flexibility index (Phi) is 45.6. The summed E-state index contributed by atoms with van der Waals surface area (Å²) in [7, 11) is 0. The minimum atomic E-state index is -0.830. The first-order valence-corrected chi connectivity index (χ1v) is 30.9. The van der Waals surface area contributed by atoms with Crippen LogP contribution in [0.1, 0.15) is 271 Å².